The molecule has 0 amide bonds. The van der Waals surface area contributed by atoms with Gasteiger partial charge in [-0.3, -0.25) is 0 Å². The van der Waals surface area contributed by atoms with E-state index in [4.69, 9.17) is 10.1 Å². The van der Waals surface area contributed by atoms with Gasteiger partial charge in [0.2, 0.25) is 0 Å². The molecule has 4 aromatic carbocycles. The van der Waals surface area contributed by atoms with E-state index >= 15 is 0 Å². The van der Waals surface area contributed by atoms with Crippen molar-refractivity contribution in [1.82, 2.24) is 14.8 Å². The lowest BCUT2D eigenvalue weighted by molar-refractivity contribution is -0.00000663. The van der Waals surface area contributed by atoms with Gasteiger partial charge in [-0.05, 0) is 36.4 Å². The fourth-order valence-electron chi connectivity index (χ4n) is 4.24. The Balaban J connectivity index is 0.00000162. The van der Waals surface area contributed by atoms with Crippen molar-refractivity contribution < 1.29 is 12.4 Å². The zero-order valence-electron chi connectivity index (χ0n) is 18.8. The second kappa shape index (κ2) is 11.4. The highest BCUT2D eigenvalue weighted by Crippen LogP contribution is 2.57. The number of aryl methyl sites for hydroxylation is 1. The largest absolute Gasteiger partial charge is 1.00 e. The molecule has 0 fully saturated rings. The topological polar surface area (TPSA) is 30.7 Å². The zero-order valence-corrected chi connectivity index (χ0v) is 21.3. The van der Waals surface area contributed by atoms with Gasteiger partial charge in [-0.25, -0.2) is 9.67 Å². The van der Waals surface area contributed by atoms with Gasteiger partial charge in [-0.1, -0.05) is 84.9 Å². The molecule has 0 saturated carbocycles. The molecular formula is C28H26Cl2N3P. The van der Waals surface area contributed by atoms with E-state index in [1.54, 1.807) is 0 Å². The van der Waals surface area contributed by atoms with E-state index in [1.807, 2.05) is 29.9 Å². The molecule has 172 valence electrons. The summed E-state index contributed by atoms with van der Waals surface area (Å²) in [6, 6.07) is 42.9. The monoisotopic (exact) mass is 505 g/mol. The van der Waals surface area contributed by atoms with Crippen LogP contribution in [0.1, 0.15) is 5.82 Å². The van der Waals surface area contributed by atoms with Gasteiger partial charge < -0.3 is 12.4 Å². The SMILES string of the molecule is Cl.Cn1nc(-c2ccccc2)nc1C[P+](c1ccccc1)(c1ccccc1)c1ccccc1.[Cl-]. The van der Waals surface area contributed by atoms with Crippen molar-refractivity contribution in [3.05, 3.63) is 127 Å². The molecule has 0 saturated heterocycles. The lowest BCUT2D eigenvalue weighted by Gasteiger charge is -2.27. The summed E-state index contributed by atoms with van der Waals surface area (Å²) >= 11 is 0. The molecule has 0 aliphatic rings. The van der Waals surface area contributed by atoms with E-state index in [2.05, 4.69) is 103 Å². The summed E-state index contributed by atoms with van der Waals surface area (Å²) in [6.45, 7) is 0. The van der Waals surface area contributed by atoms with Crippen LogP contribution >= 0.6 is 19.7 Å². The van der Waals surface area contributed by atoms with Crippen LogP contribution in [0.4, 0.5) is 0 Å². The highest BCUT2D eigenvalue weighted by atomic mass is 35.5. The summed E-state index contributed by atoms with van der Waals surface area (Å²) in [6.07, 6.45) is 0.807. The molecule has 0 bridgehead atoms. The Bertz CT molecular complexity index is 1200. The molecule has 5 aromatic rings. The summed E-state index contributed by atoms with van der Waals surface area (Å²) < 4.78 is 1.95. The maximum atomic E-state index is 5.02. The van der Waals surface area contributed by atoms with Crippen LogP contribution in [-0.4, -0.2) is 14.8 Å². The molecule has 1 heterocycles. The minimum Gasteiger partial charge on any atom is -1.00 e. The molecule has 0 spiro atoms. The van der Waals surface area contributed by atoms with Gasteiger partial charge in [0.25, 0.3) is 0 Å². The second-order valence-electron chi connectivity index (χ2n) is 7.82. The van der Waals surface area contributed by atoms with Crippen molar-refractivity contribution in [3.8, 4) is 11.4 Å². The van der Waals surface area contributed by atoms with Crippen molar-refractivity contribution in [3.63, 3.8) is 0 Å². The average molecular weight is 506 g/mol. The Hall–Kier alpha value is -2.97. The van der Waals surface area contributed by atoms with E-state index < -0.39 is 7.26 Å². The summed E-state index contributed by atoms with van der Waals surface area (Å²) in [5.41, 5.74) is 1.04. The third-order valence-electron chi connectivity index (χ3n) is 5.85. The summed E-state index contributed by atoms with van der Waals surface area (Å²) in [4.78, 5) is 5.02. The Morgan fingerprint density at radius 1 is 0.618 bits per heavy atom. The fourth-order valence-corrected chi connectivity index (χ4v) is 8.43. The van der Waals surface area contributed by atoms with Gasteiger partial charge in [-0.2, -0.15) is 5.10 Å². The van der Waals surface area contributed by atoms with Crippen molar-refractivity contribution in [1.29, 1.82) is 0 Å². The molecule has 0 aliphatic heterocycles. The molecule has 0 unspecified atom stereocenters. The van der Waals surface area contributed by atoms with Crippen LogP contribution in [-0.2, 0) is 13.2 Å². The Morgan fingerprint density at radius 3 is 1.41 bits per heavy atom. The number of hydrogen-bond acceptors (Lipinski definition) is 2. The van der Waals surface area contributed by atoms with Gasteiger partial charge >= 0.3 is 0 Å². The van der Waals surface area contributed by atoms with E-state index in [0.717, 1.165) is 23.4 Å². The number of benzene rings is 4. The molecule has 34 heavy (non-hydrogen) atoms. The van der Waals surface area contributed by atoms with E-state index in [9.17, 15) is 0 Å². The van der Waals surface area contributed by atoms with Crippen LogP contribution in [0.15, 0.2) is 121 Å². The number of halogens is 2. The van der Waals surface area contributed by atoms with Crippen LogP contribution in [0.3, 0.4) is 0 Å². The maximum Gasteiger partial charge on any atom is 0.181 e. The summed E-state index contributed by atoms with van der Waals surface area (Å²) in [7, 11) is 0.000733. The van der Waals surface area contributed by atoms with Crippen LogP contribution in [0.2, 0.25) is 0 Å². The first-order chi connectivity index (χ1) is 15.8. The summed E-state index contributed by atoms with van der Waals surface area (Å²) in [5.74, 6) is 1.77. The first-order valence-corrected chi connectivity index (χ1v) is 12.7. The van der Waals surface area contributed by atoms with Gasteiger partial charge in [0.05, 0.1) is 0 Å². The zero-order chi connectivity index (χ0) is 21.8. The standard InChI is InChI=1S/C28H25N3P.2ClH/c1-31-27(29-28(30-31)23-14-6-2-7-15-23)22-32(24-16-8-3-9-17-24,25-18-10-4-11-19-25)26-20-12-5-13-21-26;;/h2-21H,22H2,1H3;2*1H/q+1;;/p-1. The van der Waals surface area contributed by atoms with Gasteiger partial charge in [-0.15, -0.1) is 12.4 Å². The normalized spacial score (nSPS) is 10.7. The van der Waals surface area contributed by atoms with Crippen LogP contribution < -0.4 is 28.3 Å². The van der Waals surface area contributed by atoms with Crippen molar-refractivity contribution in [2.75, 3.05) is 0 Å². The molecular weight excluding hydrogens is 480 g/mol. The number of hydrogen-bond donors (Lipinski definition) is 0. The van der Waals surface area contributed by atoms with E-state index in [0.29, 0.717) is 0 Å². The van der Waals surface area contributed by atoms with E-state index in [1.165, 1.54) is 15.9 Å². The van der Waals surface area contributed by atoms with Gasteiger partial charge in [0.15, 0.2) is 11.6 Å². The minimum atomic E-state index is -2.00. The smallest absolute Gasteiger partial charge is 0.181 e. The highest BCUT2D eigenvalue weighted by molar-refractivity contribution is 7.95. The van der Waals surface area contributed by atoms with E-state index in [-0.39, 0.29) is 24.8 Å². The van der Waals surface area contributed by atoms with Crippen molar-refractivity contribution in [2.45, 2.75) is 6.16 Å². The molecule has 0 atom stereocenters. The van der Waals surface area contributed by atoms with Crippen molar-refractivity contribution >= 4 is 35.6 Å². The minimum absolute atomic E-state index is 0. The lowest BCUT2D eigenvalue weighted by atomic mass is 10.2. The third-order valence-corrected chi connectivity index (χ3v) is 10.2. The average Bonchev–Trinajstić information content (AvgIpc) is 3.24. The molecule has 0 N–H and O–H groups in total. The molecule has 0 radical (unpaired) electrons. The first kappa shape index (κ1) is 25.6. The van der Waals surface area contributed by atoms with Crippen LogP contribution in [0.25, 0.3) is 11.4 Å². The second-order valence-corrected chi connectivity index (χ2v) is 11.3. The predicted octanol–water partition coefficient (Wildman–Crippen LogP) is 2.40. The summed E-state index contributed by atoms with van der Waals surface area (Å²) in [5, 5.41) is 8.82. The molecule has 0 aliphatic carbocycles. The molecule has 1 aromatic heterocycles. The predicted molar refractivity (Wildman–Crippen MR) is 143 cm³/mol. The fraction of sp³-hybridized carbons (Fsp3) is 0.0714. The first-order valence-electron chi connectivity index (χ1n) is 10.8. The highest BCUT2D eigenvalue weighted by Gasteiger charge is 2.46. The number of aromatic nitrogens is 3. The quantitative estimate of drug-likeness (QED) is 0.332. The van der Waals surface area contributed by atoms with Gasteiger partial charge in [0.1, 0.15) is 29.3 Å². The number of nitrogens with zero attached hydrogens (tertiary/aromatic N) is 3. The molecule has 6 heteroatoms. The van der Waals surface area contributed by atoms with Crippen LogP contribution in [0, 0.1) is 0 Å². The van der Waals surface area contributed by atoms with Gasteiger partial charge in [0, 0.05) is 12.6 Å². The van der Waals surface area contributed by atoms with Crippen LogP contribution in [0.5, 0.6) is 0 Å². The maximum absolute atomic E-state index is 5.02. The Labute approximate surface area is 214 Å². The third kappa shape index (κ3) is 4.93. The number of rotatable bonds is 6. The molecule has 3 nitrogen and oxygen atoms in total. The molecule has 5 rings (SSSR count). The Morgan fingerprint density at radius 2 is 1.00 bits per heavy atom. The lowest BCUT2D eigenvalue weighted by Crippen LogP contribution is -3.00. The van der Waals surface area contributed by atoms with Crippen molar-refractivity contribution in [2.24, 2.45) is 7.05 Å². The Kier molecular flexibility index (Phi) is 8.63.